The molecule has 1 aromatic rings. The van der Waals surface area contributed by atoms with Gasteiger partial charge in [-0.25, -0.2) is 0 Å². The summed E-state index contributed by atoms with van der Waals surface area (Å²) < 4.78 is 0. The molecule has 7 nitrogen and oxygen atoms in total. The molecule has 1 aromatic heterocycles. The predicted octanol–water partition coefficient (Wildman–Crippen LogP) is -0.155. The Morgan fingerprint density at radius 2 is 2.10 bits per heavy atom. The highest BCUT2D eigenvalue weighted by atomic mass is 15.6. The molecule has 1 aliphatic rings. The van der Waals surface area contributed by atoms with E-state index in [1.807, 2.05) is 0 Å². The molecule has 1 aliphatic heterocycles. The van der Waals surface area contributed by atoms with Crippen LogP contribution in [0, 0.1) is 0 Å². The van der Waals surface area contributed by atoms with Crippen molar-refractivity contribution in [3.05, 3.63) is 5.82 Å². The summed E-state index contributed by atoms with van der Waals surface area (Å²) >= 11 is 0. The van der Waals surface area contributed by atoms with Crippen LogP contribution in [0.4, 0.5) is 0 Å². The van der Waals surface area contributed by atoms with Crippen molar-refractivity contribution in [1.82, 2.24) is 30.0 Å². The molecule has 0 radical (unpaired) electrons. The zero-order chi connectivity index (χ0) is 14.4. The van der Waals surface area contributed by atoms with E-state index in [1.165, 1.54) is 24.2 Å². The number of hydrogen-bond donors (Lipinski definition) is 1. The van der Waals surface area contributed by atoms with Gasteiger partial charge in [0.2, 0.25) is 0 Å². The Hall–Kier alpha value is -1.05. The summed E-state index contributed by atoms with van der Waals surface area (Å²) in [5.41, 5.74) is 5.72. The van der Waals surface area contributed by atoms with Crippen LogP contribution in [0.25, 0.3) is 0 Å². The molecule has 0 bridgehead atoms. The lowest BCUT2D eigenvalue weighted by molar-refractivity contribution is 0.183. The average molecular weight is 281 g/mol. The Morgan fingerprint density at radius 1 is 1.25 bits per heavy atom. The van der Waals surface area contributed by atoms with E-state index >= 15 is 0 Å². The second-order valence-corrected chi connectivity index (χ2v) is 5.50. The van der Waals surface area contributed by atoms with Crippen molar-refractivity contribution in [3.8, 4) is 0 Å². The molecule has 0 amide bonds. The number of aromatic nitrogens is 4. The summed E-state index contributed by atoms with van der Waals surface area (Å²) in [6.07, 6.45) is 3.48. The summed E-state index contributed by atoms with van der Waals surface area (Å²) in [4.78, 5) is 6.54. The topological polar surface area (TPSA) is 76.1 Å². The van der Waals surface area contributed by atoms with Gasteiger partial charge >= 0.3 is 0 Å². The van der Waals surface area contributed by atoms with Crippen LogP contribution < -0.4 is 5.73 Å². The van der Waals surface area contributed by atoms with Gasteiger partial charge in [0.25, 0.3) is 0 Å². The fourth-order valence-corrected chi connectivity index (χ4v) is 2.94. The van der Waals surface area contributed by atoms with E-state index in [-0.39, 0.29) is 0 Å². The molecule has 0 aromatic carbocycles. The Balaban J connectivity index is 1.85. The van der Waals surface area contributed by atoms with E-state index in [0.29, 0.717) is 6.04 Å². The highest BCUT2D eigenvalue weighted by molar-refractivity contribution is 4.81. The third-order valence-corrected chi connectivity index (χ3v) is 4.03. The monoisotopic (exact) mass is 281 g/mol. The van der Waals surface area contributed by atoms with Gasteiger partial charge in [-0.2, -0.15) is 4.80 Å². The minimum Gasteiger partial charge on any atom is -0.330 e. The molecule has 1 saturated heterocycles. The van der Waals surface area contributed by atoms with Crippen molar-refractivity contribution >= 4 is 0 Å². The third-order valence-electron chi connectivity index (χ3n) is 4.03. The molecule has 114 valence electrons. The quantitative estimate of drug-likeness (QED) is 0.781. The van der Waals surface area contributed by atoms with Crippen molar-refractivity contribution in [2.24, 2.45) is 12.8 Å². The largest absolute Gasteiger partial charge is 0.330 e. The van der Waals surface area contributed by atoms with E-state index in [4.69, 9.17) is 5.73 Å². The van der Waals surface area contributed by atoms with Crippen molar-refractivity contribution in [2.45, 2.75) is 38.8 Å². The van der Waals surface area contributed by atoms with Gasteiger partial charge in [0.1, 0.15) is 0 Å². The molecule has 20 heavy (non-hydrogen) atoms. The Labute approximate surface area is 121 Å². The first-order valence-corrected chi connectivity index (χ1v) is 7.62. The lowest BCUT2D eigenvalue weighted by Gasteiger charge is -2.29. The van der Waals surface area contributed by atoms with Crippen molar-refractivity contribution in [2.75, 3.05) is 32.7 Å². The number of rotatable bonds is 6. The molecule has 2 heterocycles. The van der Waals surface area contributed by atoms with Crippen LogP contribution >= 0.6 is 0 Å². The van der Waals surface area contributed by atoms with Gasteiger partial charge in [-0.3, -0.25) is 9.80 Å². The van der Waals surface area contributed by atoms with E-state index in [1.54, 1.807) is 7.05 Å². The first-order valence-electron chi connectivity index (χ1n) is 7.62. The van der Waals surface area contributed by atoms with Crippen LogP contribution in [0.2, 0.25) is 0 Å². The fraction of sp³-hybridized carbons (Fsp3) is 0.923. The molecule has 0 aliphatic carbocycles. The van der Waals surface area contributed by atoms with Crippen LogP contribution in [0.15, 0.2) is 0 Å². The van der Waals surface area contributed by atoms with Gasteiger partial charge in [0.05, 0.1) is 13.6 Å². The molecule has 7 heteroatoms. The Morgan fingerprint density at radius 3 is 2.75 bits per heavy atom. The summed E-state index contributed by atoms with van der Waals surface area (Å²) in [6.45, 7) is 8.29. The predicted molar refractivity (Wildman–Crippen MR) is 78.0 cm³/mol. The molecule has 1 unspecified atom stereocenters. The normalized spacial score (nSPS) is 19.9. The highest BCUT2D eigenvalue weighted by Crippen LogP contribution is 2.13. The molecular weight excluding hydrogens is 254 g/mol. The first-order chi connectivity index (χ1) is 9.72. The van der Waals surface area contributed by atoms with Gasteiger partial charge < -0.3 is 5.73 Å². The van der Waals surface area contributed by atoms with Crippen molar-refractivity contribution in [1.29, 1.82) is 0 Å². The molecule has 1 atom stereocenters. The first kappa shape index (κ1) is 15.3. The second kappa shape index (κ2) is 7.66. The maximum Gasteiger partial charge on any atom is 0.188 e. The number of nitrogens with two attached hydrogens (primary N) is 1. The average Bonchev–Trinajstić information content (AvgIpc) is 2.71. The number of aryl methyl sites for hydroxylation is 1. The molecule has 2 rings (SSSR count). The molecule has 0 spiro atoms. The number of tetrazole rings is 1. The summed E-state index contributed by atoms with van der Waals surface area (Å²) in [5.74, 6) is 0.815. The van der Waals surface area contributed by atoms with Gasteiger partial charge in [-0.15, -0.1) is 10.2 Å². The molecular formula is C13H27N7. The van der Waals surface area contributed by atoms with E-state index in [0.717, 1.165) is 45.0 Å². The standard InChI is InChI=1S/C13H27N7/c1-3-12(5-6-14)20-8-4-7-19(9-10-20)11-13-15-17-18(2)16-13/h12H,3-11,14H2,1-2H3. The fourth-order valence-electron chi connectivity index (χ4n) is 2.94. The second-order valence-electron chi connectivity index (χ2n) is 5.50. The minimum atomic E-state index is 0.634. The lowest BCUT2D eigenvalue weighted by Crippen LogP contribution is -2.39. The van der Waals surface area contributed by atoms with E-state index in [2.05, 4.69) is 32.1 Å². The van der Waals surface area contributed by atoms with Gasteiger partial charge in [-0.1, -0.05) is 6.92 Å². The number of nitrogens with zero attached hydrogens (tertiary/aromatic N) is 6. The summed E-state index contributed by atoms with van der Waals surface area (Å²) in [6, 6.07) is 0.634. The van der Waals surface area contributed by atoms with Gasteiger partial charge in [0.15, 0.2) is 5.82 Å². The molecule has 0 saturated carbocycles. The Kier molecular flexibility index (Phi) is 5.87. The molecule has 2 N–H and O–H groups in total. The minimum absolute atomic E-state index is 0.634. The SMILES string of the molecule is CCC(CCN)N1CCCN(Cc2nnn(C)n2)CC1. The van der Waals surface area contributed by atoms with Crippen LogP contribution in [0.3, 0.4) is 0 Å². The third kappa shape index (κ3) is 4.22. The van der Waals surface area contributed by atoms with Crippen LogP contribution in [0.1, 0.15) is 32.0 Å². The van der Waals surface area contributed by atoms with Crippen LogP contribution in [-0.4, -0.2) is 68.8 Å². The zero-order valence-electron chi connectivity index (χ0n) is 12.7. The summed E-state index contributed by atoms with van der Waals surface area (Å²) in [5, 5.41) is 12.2. The maximum atomic E-state index is 5.72. The maximum absolute atomic E-state index is 5.72. The van der Waals surface area contributed by atoms with Gasteiger partial charge in [-0.05, 0) is 44.1 Å². The zero-order valence-corrected chi connectivity index (χ0v) is 12.7. The lowest BCUT2D eigenvalue weighted by atomic mass is 10.1. The summed E-state index contributed by atoms with van der Waals surface area (Å²) in [7, 11) is 1.80. The van der Waals surface area contributed by atoms with Crippen molar-refractivity contribution < 1.29 is 0 Å². The Bertz CT molecular complexity index is 392. The highest BCUT2D eigenvalue weighted by Gasteiger charge is 2.21. The van der Waals surface area contributed by atoms with Crippen LogP contribution in [-0.2, 0) is 13.6 Å². The van der Waals surface area contributed by atoms with E-state index < -0.39 is 0 Å². The van der Waals surface area contributed by atoms with Crippen LogP contribution in [0.5, 0.6) is 0 Å². The smallest absolute Gasteiger partial charge is 0.188 e. The number of hydrogen-bond acceptors (Lipinski definition) is 6. The van der Waals surface area contributed by atoms with Gasteiger partial charge in [0, 0.05) is 19.1 Å². The van der Waals surface area contributed by atoms with E-state index in [9.17, 15) is 0 Å². The van der Waals surface area contributed by atoms with Crippen molar-refractivity contribution in [3.63, 3.8) is 0 Å². The molecule has 1 fully saturated rings.